The van der Waals surface area contributed by atoms with Crippen LogP contribution in [-0.2, 0) is 11.2 Å². The Labute approximate surface area is 129 Å². The van der Waals surface area contributed by atoms with E-state index in [2.05, 4.69) is 4.98 Å². The van der Waals surface area contributed by atoms with Gasteiger partial charge in [0, 0.05) is 22.8 Å². The van der Waals surface area contributed by atoms with E-state index >= 15 is 0 Å². The number of fused-ring (bicyclic) bond motifs is 1. The number of benzene rings is 1. The van der Waals surface area contributed by atoms with Crippen molar-refractivity contribution in [2.75, 3.05) is 0 Å². The summed E-state index contributed by atoms with van der Waals surface area (Å²) in [6, 6.07) is 5.89. The zero-order valence-electron chi connectivity index (χ0n) is 11.7. The van der Waals surface area contributed by atoms with Crippen LogP contribution in [0.3, 0.4) is 0 Å². The summed E-state index contributed by atoms with van der Waals surface area (Å²) in [6.07, 6.45) is 0.118. The number of carboxylic acids is 1. The van der Waals surface area contributed by atoms with Crippen LogP contribution in [0.1, 0.15) is 16.9 Å². The molecule has 0 saturated heterocycles. The molecule has 0 fully saturated rings. The number of carboxylic acid groups (broad SMARTS) is 1. The van der Waals surface area contributed by atoms with E-state index in [0.717, 1.165) is 15.8 Å². The molecular formula is C16H13F2NO2S. The molecule has 3 rings (SSSR count). The van der Waals surface area contributed by atoms with Gasteiger partial charge < -0.3 is 10.1 Å². The molecule has 0 bridgehead atoms. The van der Waals surface area contributed by atoms with Crippen molar-refractivity contribution in [1.82, 2.24) is 4.98 Å². The third-order valence-corrected chi connectivity index (χ3v) is 4.53. The van der Waals surface area contributed by atoms with Crippen molar-refractivity contribution in [3.8, 4) is 10.6 Å². The summed E-state index contributed by atoms with van der Waals surface area (Å²) >= 11 is 1.52. The summed E-state index contributed by atoms with van der Waals surface area (Å²) in [5.41, 5.74) is 1.51. The first-order valence-corrected chi connectivity index (χ1v) is 7.55. The number of thiophene rings is 1. The zero-order chi connectivity index (χ0) is 15.9. The van der Waals surface area contributed by atoms with Crippen LogP contribution >= 0.6 is 11.3 Å². The van der Waals surface area contributed by atoms with E-state index < -0.39 is 17.6 Å². The van der Waals surface area contributed by atoms with E-state index in [1.807, 2.05) is 19.1 Å². The Kier molecular flexibility index (Phi) is 3.70. The quantitative estimate of drug-likeness (QED) is 0.743. The molecule has 0 aliphatic carbocycles. The monoisotopic (exact) mass is 321 g/mol. The van der Waals surface area contributed by atoms with Crippen molar-refractivity contribution in [2.45, 2.75) is 19.8 Å². The standard InChI is InChI=1S/C16H13F2NO2S/c1-8-2-4-13(22-8)16-10(3-5-14(20)21)11-6-9(17)7-12(18)15(11)19-16/h2,4,6-7,19H,3,5H2,1H3,(H,20,21). The summed E-state index contributed by atoms with van der Waals surface area (Å²) in [7, 11) is 0. The van der Waals surface area contributed by atoms with Crippen molar-refractivity contribution in [2.24, 2.45) is 0 Å². The summed E-state index contributed by atoms with van der Waals surface area (Å²) in [5, 5.41) is 9.31. The molecule has 2 heterocycles. The van der Waals surface area contributed by atoms with Crippen LogP contribution in [0.2, 0.25) is 0 Å². The zero-order valence-corrected chi connectivity index (χ0v) is 12.6. The van der Waals surface area contributed by atoms with Crippen molar-refractivity contribution >= 4 is 28.2 Å². The van der Waals surface area contributed by atoms with Gasteiger partial charge in [0.15, 0.2) is 0 Å². The molecule has 0 aliphatic heterocycles. The van der Waals surface area contributed by atoms with E-state index in [9.17, 15) is 13.6 Å². The topological polar surface area (TPSA) is 53.1 Å². The lowest BCUT2D eigenvalue weighted by Crippen LogP contribution is -1.98. The van der Waals surface area contributed by atoms with E-state index in [1.165, 1.54) is 17.4 Å². The Bertz CT molecular complexity index is 867. The Balaban J connectivity index is 2.23. The van der Waals surface area contributed by atoms with Crippen LogP contribution < -0.4 is 0 Å². The molecule has 0 aliphatic rings. The molecule has 2 aromatic heterocycles. The summed E-state index contributed by atoms with van der Waals surface area (Å²) in [4.78, 5) is 15.8. The first kappa shape index (κ1) is 14.7. The van der Waals surface area contributed by atoms with Crippen LogP contribution in [0.4, 0.5) is 8.78 Å². The molecule has 0 spiro atoms. The molecule has 0 radical (unpaired) electrons. The van der Waals surface area contributed by atoms with Crippen LogP contribution in [0.15, 0.2) is 24.3 Å². The van der Waals surface area contributed by atoms with Crippen molar-refractivity contribution in [3.05, 3.63) is 46.3 Å². The van der Waals surface area contributed by atoms with Gasteiger partial charge in [-0.1, -0.05) is 0 Å². The molecule has 2 N–H and O–H groups in total. The van der Waals surface area contributed by atoms with Crippen LogP contribution in [-0.4, -0.2) is 16.1 Å². The Morgan fingerprint density at radius 1 is 1.32 bits per heavy atom. The number of rotatable bonds is 4. The van der Waals surface area contributed by atoms with Gasteiger partial charge in [-0.15, -0.1) is 11.3 Å². The number of aliphatic carboxylic acids is 1. The second-order valence-corrected chi connectivity index (χ2v) is 6.38. The number of hydrogen-bond donors (Lipinski definition) is 2. The number of H-pyrrole nitrogens is 1. The highest BCUT2D eigenvalue weighted by Crippen LogP contribution is 2.36. The average molecular weight is 321 g/mol. The molecule has 0 amide bonds. The predicted octanol–water partition coefficient (Wildman–Crippen LogP) is 4.50. The molecule has 3 aromatic rings. The molecule has 0 atom stereocenters. The van der Waals surface area contributed by atoms with Crippen molar-refractivity contribution in [1.29, 1.82) is 0 Å². The summed E-state index contributed by atoms with van der Waals surface area (Å²) < 4.78 is 27.5. The minimum absolute atomic E-state index is 0.0948. The molecule has 114 valence electrons. The number of aromatic amines is 1. The first-order valence-electron chi connectivity index (χ1n) is 6.74. The number of halogens is 2. The van der Waals surface area contributed by atoms with Crippen molar-refractivity contribution < 1.29 is 18.7 Å². The molecule has 0 unspecified atom stereocenters. The second-order valence-electron chi connectivity index (χ2n) is 5.09. The first-order chi connectivity index (χ1) is 10.5. The number of carbonyl (C=O) groups is 1. The number of aryl methyl sites for hydroxylation is 2. The van der Waals surface area contributed by atoms with Gasteiger partial charge in [0.1, 0.15) is 11.6 Å². The van der Waals surface area contributed by atoms with Gasteiger partial charge in [-0.25, -0.2) is 8.78 Å². The normalized spacial score (nSPS) is 11.2. The number of hydrogen-bond acceptors (Lipinski definition) is 2. The Morgan fingerprint density at radius 3 is 2.73 bits per heavy atom. The van der Waals surface area contributed by atoms with Gasteiger partial charge in [0.05, 0.1) is 16.1 Å². The van der Waals surface area contributed by atoms with E-state index in [-0.39, 0.29) is 18.4 Å². The third-order valence-electron chi connectivity index (χ3n) is 3.51. The highest BCUT2D eigenvalue weighted by atomic mass is 32.1. The maximum atomic E-state index is 14.0. The van der Waals surface area contributed by atoms with Gasteiger partial charge >= 0.3 is 5.97 Å². The van der Waals surface area contributed by atoms with Gasteiger partial charge in [-0.2, -0.15) is 0 Å². The number of aromatic nitrogens is 1. The Morgan fingerprint density at radius 2 is 2.09 bits per heavy atom. The fourth-order valence-electron chi connectivity index (χ4n) is 2.54. The van der Waals surface area contributed by atoms with Crippen molar-refractivity contribution in [3.63, 3.8) is 0 Å². The predicted molar refractivity (Wildman–Crippen MR) is 82.2 cm³/mol. The maximum absolute atomic E-state index is 14.0. The minimum Gasteiger partial charge on any atom is -0.481 e. The van der Waals surface area contributed by atoms with Gasteiger partial charge in [0.2, 0.25) is 0 Å². The lowest BCUT2D eigenvalue weighted by Gasteiger charge is -2.01. The molecule has 22 heavy (non-hydrogen) atoms. The largest absolute Gasteiger partial charge is 0.481 e. The van der Waals surface area contributed by atoms with E-state index in [0.29, 0.717) is 16.6 Å². The third kappa shape index (κ3) is 2.62. The lowest BCUT2D eigenvalue weighted by molar-refractivity contribution is -0.136. The average Bonchev–Trinajstić information content (AvgIpc) is 3.00. The number of nitrogens with one attached hydrogen (secondary N) is 1. The molecule has 1 aromatic carbocycles. The van der Waals surface area contributed by atoms with Gasteiger partial charge in [-0.3, -0.25) is 4.79 Å². The smallest absolute Gasteiger partial charge is 0.303 e. The second kappa shape index (κ2) is 5.53. The maximum Gasteiger partial charge on any atom is 0.303 e. The van der Waals surface area contributed by atoms with Gasteiger partial charge in [-0.05, 0) is 37.1 Å². The summed E-state index contributed by atoms with van der Waals surface area (Å²) in [6.45, 7) is 1.95. The Hall–Kier alpha value is -2.21. The summed E-state index contributed by atoms with van der Waals surface area (Å²) in [5.74, 6) is -2.29. The van der Waals surface area contributed by atoms with E-state index in [4.69, 9.17) is 5.11 Å². The minimum atomic E-state index is -0.945. The fourth-order valence-corrected chi connectivity index (χ4v) is 3.44. The lowest BCUT2D eigenvalue weighted by atomic mass is 10.0. The fraction of sp³-hybridized carbons (Fsp3) is 0.188. The highest BCUT2D eigenvalue weighted by Gasteiger charge is 2.18. The molecule has 3 nitrogen and oxygen atoms in total. The molecular weight excluding hydrogens is 308 g/mol. The van der Waals surface area contributed by atoms with Gasteiger partial charge in [0.25, 0.3) is 0 Å². The SMILES string of the molecule is Cc1ccc(-c2[nH]c3c(F)cc(F)cc3c2CCC(=O)O)s1. The molecule has 0 saturated carbocycles. The van der Waals surface area contributed by atoms with Crippen LogP contribution in [0.25, 0.3) is 21.5 Å². The van der Waals surface area contributed by atoms with Crippen LogP contribution in [0.5, 0.6) is 0 Å². The van der Waals surface area contributed by atoms with Crippen LogP contribution in [0, 0.1) is 18.6 Å². The van der Waals surface area contributed by atoms with E-state index in [1.54, 1.807) is 0 Å². The molecule has 6 heteroatoms. The highest BCUT2D eigenvalue weighted by molar-refractivity contribution is 7.15.